The summed E-state index contributed by atoms with van der Waals surface area (Å²) < 4.78 is 16.6. The van der Waals surface area contributed by atoms with Crippen LogP contribution in [0.4, 0.5) is 0 Å². The molecular weight excluding hydrogens is 781 g/mol. The van der Waals surface area contributed by atoms with E-state index in [-0.39, 0.29) is 50.4 Å². The molecule has 0 saturated carbocycles. The van der Waals surface area contributed by atoms with Gasteiger partial charge in [-0.25, -0.2) is 0 Å². The Morgan fingerprint density at radius 1 is 0.333 bits per heavy atom. The molecule has 0 radical (unpaired) electrons. The summed E-state index contributed by atoms with van der Waals surface area (Å²) in [6.45, 7) is 6.22. The van der Waals surface area contributed by atoms with Crippen molar-refractivity contribution in [2.45, 2.75) is 194 Å². The minimum Gasteiger partial charge on any atom is -0.462 e. The first-order valence-corrected chi connectivity index (χ1v) is 24.7. The molecule has 1 unspecified atom stereocenters. The molecular formula is C57H88O6. The van der Waals surface area contributed by atoms with Gasteiger partial charge in [-0.15, -0.1) is 0 Å². The maximum absolute atomic E-state index is 12.8. The summed E-state index contributed by atoms with van der Waals surface area (Å²) in [7, 11) is 0. The molecule has 6 nitrogen and oxygen atoms in total. The minimum absolute atomic E-state index is 0.149. The molecule has 6 heteroatoms. The summed E-state index contributed by atoms with van der Waals surface area (Å²) in [5.41, 5.74) is 0. The number of rotatable bonds is 42. The molecule has 0 aliphatic carbocycles. The zero-order chi connectivity index (χ0) is 45.8. The van der Waals surface area contributed by atoms with Gasteiger partial charge in [-0.05, 0) is 109 Å². The number of unbranched alkanes of at least 4 members (excludes halogenated alkanes) is 9. The number of carbonyl (C=O) groups excluding carboxylic acids is 3. The monoisotopic (exact) mass is 869 g/mol. The molecule has 0 aromatic heterocycles. The van der Waals surface area contributed by atoms with E-state index in [9.17, 15) is 14.4 Å². The van der Waals surface area contributed by atoms with Crippen molar-refractivity contribution >= 4 is 17.9 Å². The van der Waals surface area contributed by atoms with E-state index in [0.717, 1.165) is 89.9 Å². The third-order valence-electron chi connectivity index (χ3n) is 9.65. The Morgan fingerprint density at radius 2 is 0.651 bits per heavy atom. The van der Waals surface area contributed by atoms with E-state index < -0.39 is 6.10 Å². The average molecular weight is 869 g/mol. The molecule has 0 heterocycles. The molecule has 0 spiro atoms. The lowest BCUT2D eigenvalue weighted by molar-refractivity contribution is -0.166. The van der Waals surface area contributed by atoms with Crippen LogP contribution in [0.25, 0.3) is 0 Å². The van der Waals surface area contributed by atoms with Gasteiger partial charge in [0.2, 0.25) is 0 Å². The largest absolute Gasteiger partial charge is 0.462 e. The van der Waals surface area contributed by atoms with Crippen LogP contribution in [0.1, 0.15) is 188 Å². The molecule has 0 fully saturated rings. The quantitative estimate of drug-likeness (QED) is 0.0263. The molecule has 1 atom stereocenters. The van der Waals surface area contributed by atoms with Gasteiger partial charge >= 0.3 is 17.9 Å². The maximum Gasteiger partial charge on any atom is 0.306 e. The van der Waals surface area contributed by atoms with E-state index in [1.54, 1.807) is 0 Å². The van der Waals surface area contributed by atoms with E-state index in [1.165, 1.54) is 38.5 Å². The van der Waals surface area contributed by atoms with E-state index in [1.807, 2.05) is 18.2 Å². The average Bonchev–Trinajstić information content (AvgIpc) is 3.28. The minimum atomic E-state index is -0.851. The van der Waals surface area contributed by atoms with Gasteiger partial charge in [-0.1, -0.05) is 193 Å². The Morgan fingerprint density at radius 3 is 1.03 bits per heavy atom. The van der Waals surface area contributed by atoms with E-state index in [2.05, 4.69) is 136 Å². The highest BCUT2D eigenvalue weighted by Crippen LogP contribution is 2.10. The summed E-state index contributed by atoms with van der Waals surface area (Å²) in [4.78, 5) is 37.8. The van der Waals surface area contributed by atoms with Crippen molar-refractivity contribution in [2.75, 3.05) is 13.2 Å². The fraction of sp³-hybridized carbons (Fsp3) is 0.561. The second kappa shape index (κ2) is 50.2. The van der Waals surface area contributed by atoms with Crippen molar-refractivity contribution in [1.29, 1.82) is 0 Å². The SMILES string of the molecule is CC/C=C\C/C=C\C/C=C\C/C=C\C/C=C\CCC(=O)OCC(COC(=O)CC/C=C\C/C=C\CCCCCCCC)OC(=O)CCCCC/C=C\C/C=C\C/C=C\C/C=C\CC. The Labute approximate surface area is 385 Å². The van der Waals surface area contributed by atoms with E-state index >= 15 is 0 Å². The molecule has 0 aromatic rings. The molecule has 0 bridgehead atoms. The molecule has 0 amide bonds. The van der Waals surface area contributed by atoms with Crippen LogP contribution in [0.2, 0.25) is 0 Å². The first kappa shape index (κ1) is 58.6. The summed E-state index contributed by atoms with van der Waals surface area (Å²) in [6, 6.07) is 0. The highest BCUT2D eigenvalue weighted by Gasteiger charge is 2.19. The van der Waals surface area contributed by atoms with Crippen LogP contribution in [0.3, 0.4) is 0 Å². The van der Waals surface area contributed by atoms with Crippen LogP contribution in [-0.4, -0.2) is 37.2 Å². The fourth-order valence-corrected chi connectivity index (χ4v) is 6.00. The van der Waals surface area contributed by atoms with Gasteiger partial charge in [0.1, 0.15) is 13.2 Å². The lowest BCUT2D eigenvalue weighted by atomic mass is 10.1. The maximum atomic E-state index is 12.8. The summed E-state index contributed by atoms with van der Waals surface area (Å²) in [5.74, 6) is -1.14. The Balaban J connectivity index is 4.65. The van der Waals surface area contributed by atoms with Gasteiger partial charge < -0.3 is 14.2 Å². The molecule has 63 heavy (non-hydrogen) atoms. The third-order valence-corrected chi connectivity index (χ3v) is 9.65. The zero-order valence-electron chi connectivity index (χ0n) is 40.0. The van der Waals surface area contributed by atoms with Crippen LogP contribution >= 0.6 is 0 Å². The third kappa shape index (κ3) is 48.4. The zero-order valence-corrected chi connectivity index (χ0v) is 40.0. The van der Waals surface area contributed by atoms with E-state index in [0.29, 0.717) is 19.3 Å². The van der Waals surface area contributed by atoms with Crippen molar-refractivity contribution in [2.24, 2.45) is 0 Å². The predicted molar refractivity (Wildman–Crippen MR) is 269 cm³/mol. The van der Waals surface area contributed by atoms with Crippen LogP contribution in [-0.2, 0) is 28.6 Å². The lowest BCUT2D eigenvalue weighted by Crippen LogP contribution is -2.30. The Bertz CT molecular complexity index is 1420. The standard InChI is InChI=1S/C57H88O6/c1-4-7-10-13-16-19-22-25-27-29-32-35-38-41-44-47-50-56(59)62-53-54(52-61-55(58)49-46-43-40-37-34-31-24-21-18-15-12-9-6-3)63-57(60)51-48-45-42-39-36-33-30-28-26-23-20-17-14-11-8-5-2/h7-8,10-11,16-17,19-20,25-28,31-36,40-41,43-44,54H,4-6,9,12-15,18,21-24,29-30,37-39,42,45-53H2,1-3H3/b10-7-,11-8-,19-16-,20-17-,27-25-,28-26-,34-31-,35-32-,36-33-,43-40-,44-41-. The van der Waals surface area contributed by atoms with Crippen molar-refractivity contribution in [1.82, 2.24) is 0 Å². The highest BCUT2D eigenvalue weighted by molar-refractivity contribution is 5.71. The van der Waals surface area contributed by atoms with Gasteiger partial charge in [0.05, 0.1) is 0 Å². The molecule has 0 aromatic carbocycles. The summed E-state index contributed by atoms with van der Waals surface area (Å²) >= 11 is 0. The van der Waals surface area contributed by atoms with Crippen LogP contribution in [0.5, 0.6) is 0 Å². The van der Waals surface area contributed by atoms with E-state index in [4.69, 9.17) is 14.2 Å². The van der Waals surface area contributed by atoms with Crippen LogP contribution in [0.15, 0.2) is 134 Å². The molecule has 0 N–H and O–H groups in total. The van der Waals surface area contributed by atoms with Crippen molar-refractivity contribution in [3.05, 3.63) is 134 Å². The summed E-state index contributed by atoms with van der Waals surface area (Å²) in [6.07, 6.45) is 70.3. The molecule has 352 valence electrons. The topological polar surface area (TPSA) is 78.9 Å². The van der Waals surface area contributed by atoms with Crippen molar-refractivity contribution in [3.8, 4) is 0 Å². The van der Waals surface area contributed by atoms with Crippen LogP contribution in [0, 0.1) is 0 Å². The molecule has 0 aliphatic heterocycles. The summed E-state index contributed by atoms with van der Waals surface area (Å²) in [5, 5.41) is 0. The van der Waals surface area contributed by atoms with Gasteiger partial charge in [-0.3, -0.25) is 14.4 Å². The smallest absolute Gasteiger partial charge is 0.306 e. The molecule has 0 aliphatic rings. The molecule has 0 saturated heterocycles. The number of esters is 3. The molecule has 0 rings (SSSR count). The first-order valence-electron chi connectivity index (χ1n) is 24.7. The van der Waals surface area contributed by atoms with Crippen LogP contribution < -0.4 is 0 Å². The van der Waals surface area contributed by atoms with Crippen molar-refractivity contribution < 1.29 is 28.6 Å². The van der Waals surface area contributed by atoms with Crippen molar-refractivity contribution in [3.63, 3.8) is 0 Å². The predicted octanol–water partition coefficient (Wildman–Crippen LogP) is 16.3. The lowest BCUT2D eigenvalue weighted by Gasteiger charge is -2.18. The second-order valence-corrected chi connectivity index (χ2v) is 15.6. The number of ether oxygens (including phenoxy) is 3. The number of allylic oxidation sites excluding steroid dienone is 22. The first-order chi connectivity index (χ1) is 31.0. The van der Waals surface area contributed by atoms with Gasteiger partial charge in [0, 0.05) is 19.3 Å². The van der Waals surface area contributed by atoms with Gasteiger partial charge in [-0.2, -0.15) is 0 Å². The number of hydrogen-bond acceptors (Lipinski definition) is 6. The van der Waals surface area contributed by atoms with Gasteiger partial charge in [0.15, 0.2) is 6.10 Å². The normalized spacial score (nSPS) is 13.3. The fourth-order valence-electron chi connectivity index (χ4n) is 6.00. The Hall–Kier alpha value is -4.45. The number of carbonyl (C=O) groups is 3. The highest BCUT2D eigenvalue weighted by atomic mass is 16.6. The van der Waals surface area contributed by atoms with Gasteiger partial charge in [0.25, 0.3) is 0 Å². The Kier molecular flexibility index (Phi) is 46.7. The second-order valence-electron chi connectivity index (χ2n) is 15.6. The number of hydrogen-bond donors (Lipinski definition) is 0.